The van der Waals surface area contributed by atoms with Crippen LogP contribution in [0.15, 0.2) is 22.5 Å². The molecule has 6 nitrogen and oxygen atoms in total. The Hall–Kier alpha value is -0.390. The largest absolute Gasteiger partial charge is 0.355 e. The van der Waals surface area contributed by atoms with Crippen LogP contribution in [0.3, 0.4) is 0 Å². The summed E-state index contributed by atoms with van der Waals surface area (Å²) in [7, 11) is 1.03. The maximum atomic E-state index is 11.4. The lowest BCUT2D eigenvalue weighted by atomic mass is 10.3. The van der Waals surface area contributed by atoms with E-state index in [0.29, 0.717) is 13.1 Å². The topological polar surface area (TPSA) is 65.0 Å². The van der Waals surface area contributed by atoms with Gasteiger partial charge in [-0.1, -0.05) is 6.07 Å². The molecule has 1 aliphatic rings. The van der Waals surface area contributed by atoms with E-state index in [2.05, 4.69) is 37.6 Å². The zero-order valence-corrected chi connectivity index (χ0v) is 18.2. The molecular weight excluding hydrogens is 459 g/mol. The third-order valence-corrected chi connectivity index (χ3v) is 6.54. The molecule has 1 saturated heterocycles. The van der Waals surface area contributed by atoms with E-state index in [-0.39, 0.29) is 35.5 Å². The van der Waals surface area contributed by atoms with Crippen LogP contribution in [0.25, 0.3) is 0 Å². The predicted octanol–water partition coefficient (Wildman–Crippen LogP) is 1.15. The molecule has 0 radical (unpaired) electrons. The summed E-state index contributed by atoms with van der Waals surface area (Å²) in [5, 5.41) is 5.45. The number of guanidine groups is 1. The molecular formula is C15H27IN4O2S2. The van der Waals surface area contributed by atoms with E-state index in [1.54, 1.807) is 18.4 Å². The summed E-state index contributed by atoms with van der Waals surface area (Å²) in [6.07, 6.45) is 1.01. The van der Waals surface area contributed by atoms with Gasteiger partial charge in [-0.05, 0) is 17.9 Å². The summed E-state index contributed by atoms with van der Waals surface area (Å²) < 4.78 is 22.8. The van der Waals surface area contributed by atoms with Gasteiger partial charge in [-0.25, -0.2) is 8.42 Å². The van der Waals surface area contributed by atoms with Gasteiger partial charge in [0.1, 0.15) is 0 Å². The molecule has 0 unspecified atom stereocenters. The highest BCUT2D eigenvalue weighted by molar-refractivity contribution is 14.0. The number of nitrogens with zero attached hydrogens (tertiary/aromatic N) is 3. The van der Waals surface area contributed by atoms with E-state index in [9.17, 15) is 8.42 Å². The number of sulfone groups is 1. The highest BCUT2D eigenvalue weighted by atomic mass is 127. The number of thiophene rings is 1. The van der Waals surface area contributed by atoms with E-state index in [4.69, 9.17) is 0 Å². The fourth-order valence-corrected chi connectivity index (χ4v) is 4.50. The Labute approximate surface area is 166 Å². The maximum Gasteiger partial charge on any atom is 0.193 e. The van der Waals surface area contributed by atoms with Gasteiger partial charge in [0.2, 0.25) is 0 Å². The Morgan fingerprint density at radius 1 is 1.42 bits per heavy atom. The molecule has 0 saturated carbocycles. The Bertz CT molecular complexity index is 591. The quantitative estimate of drug-likeness (QED) is 0.372. The average Bonchev–Trinajstić information content (AvgIpc) is 3.04. The highest BCUT2D eigenvalue weighted by Gasteiger charge is 2.21. The van der Waals surface area contributed by atoms with Gasteiger partial charge in [-0.15, -0.1) is 35.3 Å². The van der Waals surface area contributed by atoms with Gasteiger partial charge in [0, 0.05) is 51.7 Å². The number of halogens is 1. The minimum absolute atomic E-state index is 0. The van der Waals surface area contributed by atoms with Crippen molar-refractivity contribution >= 4 is 51.1 Å². The van der Waals surface area contributed by atoms with Crippen LogP contribution in [-0.4, -0.2) is 82.5 Å². The molecule has 1 N–H and O–H groups in total. The minimum atomic E-state index is -2.80. The third-order valence-electron chi connectivity index (χ3n) is 4.00. The monoisotopic (exact) mass is 486 g/mol. The first-order valence-corrected chi connectivity index (χ1v) is 10.6. The SMILES string of the molecule is CN=C(NCCN1CCS(=O)(=O)CC1)N(C)CCc1cccs1.I. The molecule has 0 amide bonds. The molecule has 24 heavy (non-hydrogen) atoms. The van der Waals surface area contributed by atoms with Gasteiger partial charge in [0.25, 0.3) is 0 Å². The van der Waals surface area contributed by atoms with E-state index in [1.807, 2.05) is 7.05 Å². The molecule has 1 fully saturated rings. The first-order valence-electron chi connectivity index (χ1n) is 7.87. The van der Waals surface area contributed by atoms with E-state index < -0.39 is 9.84 Å². The first-order chi connectivity index (χ1) is 11.0. The number of hydrogen-bond donors (Lipinski definition) is 1. The Kier molecular flexibility index (Phi) is 9.53. The molecule has 2 heterocycles. The molecule has 0 aliphatic carbocycles. The van der Waals surface area contributed by atoms with E-state index >= 15 is 0 Å². The zero-order valence-electron chi connectivity index (χ0n) is 14.3. The van der Waals surface area contributed by atoms with Crippen LogP contribution in [0.2, 0.25) is 0 Å². The lowest BCUT2D eigenvalue weighted by molar-refractivity contribution is 0.298. The molecule has 138 valence electrons. The Morgan fingerprint density at radius 2 is 2.12 bits per heavy atom. The van der Waals surface area contributed by atoms with Crippen molar-refractivity contribution < 1.29 is 8.42 Å². The number of aliphatic imine (C=N–C) groups is 1. The van der Waals surface area contributed by atoms with Gasteiger partial charge >= 0.3 is 0 Å². The summed E-state index contributed by atoms with van der Waals surface area (Å²) in [5.41, 5.74) is 0. The van der Waals surface area contributed by atoms with Crippen molar-refractivity contribution in [3.8, 4) is 0 Å². The van der Waals surface area contributed by atoms with Crippen molar-refractivity contribution in [1.82, 2.24) is 15.1 Å². The van der Waals surface area contributed by atoms with Crippen LogP contribution >= 0.6 is 35.3 Å². The average molecular weight is 486 g/mol. The normalized spacial score (nSPS) is 18.0. The standard InChI is InChI=1S/C15H26N4O2S2.HI/c1-16-15(18(2)7-5-14-4-3-11-22-14)17-6-8-19-9-12-23(20,21)13-10-19;/h3-4,11H,5-10,12-13H2,1-2H3,(H,16,17);1H. The lowest BCUT2D eigenvalue weighted by Crippen LogP contribution is -2.46. The van der Waals surface area contributed by atoms with Crippen molar-refractivity contribution in [2.24, 2.45) is 4.99 Å². The molecule has 9 heteroatoms. The van der Waals surface area contributed by atoms with Crippen molar-refractivity contribution in [2.45, 2.75) is 6.42 Å². The van der Waals surface area contributed by atoms with E-state index in [0.717, 1.165) is 32.0 Å². The first kappa shape index (κ1) is 21.7. The zero-order chi connectivity index (χ0) is 16.7. The smallest absolute Gasteiger partial charge is 0.193 e. The third kappa shape index (κ3) is 7.24. The second-order valence-electron chi connectivity index (χ2n) is 5.72. The molecule has 1 aromatic rings. The summed E-state index contributed by atoms with van der Waals surface area (Å²) in [5.74, 6) is 1.44. The van der Waals surface area contributed by atoms with Gasteiger partial charge in [0.15, 0.2) is 15.8 Å². The Balaban J connectivity index is 0.00000288. The van der Waals surface area contributed by atoms with Crippen molar-refractivity contribution in [1.29, 1.82) is 0 Å². The molecule has 1 aliphatic heterocycles. The summed E-state index contributed by atoms with van der Waals surface area (Å²) in [6, 6.07) is 4.23. The number of nitrogens with one attached hydrogen (secondary N) is 1. The second-order valence-corrected chi connectivity index (χ2v) is 9.05. The van der Waals surface area contributed by atoms with Crippen LogP contribution in [0.5, 0.6) is 0 Å². The van der Waals surface area contributed by atoms with Crippen LogP contribution in [-0.2, 0) is 16.3 Å². The summed E-state index contributed by atoms with van der Waals surface area (Å²) >= 11 is 1.78. The van der Waals surface area contributed by atoms with Crippen LogP contribution in [0.1, 0.15) is 4.88 Å². The summed E-state index contributed by atoms with van der Waals surface area (Å²) in [4.78, 5) is 10.0. The molecule has 1 aromatic heterocycles. The number of rotatable bonds is 6. The van der Waals surface area contributed by atoms with Crippen molar-refractivity contribution in [2.75, 3.05) is 58.3 Å². The van der Waals surface area contributed by atoms with Crippen LogP contribution in [0.4, 0.5) is 0 Å². The summed E-state index contributed by atoms with van der Waals surface area (Å²) in [6.45, 7) is 3.80. The predicted molar refractivity (Wildman–Crippen MR) is 113 cm³/mol. The fourth-order valence-electron chi connectivity index (χ4n) is 2.52. The lowest BCUT2D eigenvalue weighted by Gasteiger charge is -2.27. The number of hydrogen-bond acceptors (Lipinski definition) is 5. The van der Waals surface area contributed by atoms with Crippen LogP contribution in [0, 0.1) is 0 Å². The van der Waals surface area contributed by atoms with E-state index in [1.165, 1.54) is 4.88 Å². The molecule has 0 bridgehead atoms. The van der Waals surface area contributed by atoms with Crippen molar-refractivity contribution in [3.05, 3.63) is 22.4 Å². The van der Waals surface area contributed by atoms with Gasteiger partial charge < -0.3 is 10.2 Å². The van der Waals surface area contributed by atoms with Gasteiger partial charge in [-0.3, -0.25) is 9.89 Å². The maximum absolute atomic E-state index is 11.4. The molecule has 0 atom stereocenters. The second kappa shape index (κ2) is 10.6. The minimum Gasteiger partial charge on any atom is -0.355 e. The van der Waals surface area contributed by atoms with Crippen LogP contribution < -0.4 is 5.32 Å². The number of likely N-dealkylation sites (N-methyl/N-ethyl adjacent to an activating group) is 1. The highest BCUT2D eigenvalue weighted by Crippen LogP contribution is 2.09. The Morgan fingerprint density at radius 3 is 2.71 bits per heavy atom. The molecule has 0 aromatic carbocycles. The molecule has 0 spiro atoms. The fraction of sp³-hybridized carbons (Fsp3) is 0.667. The van der Waals surface area contributed by atoms with Gasteiger partial charge in [0.05, 0.1) is 11.5 Å². The van der Waals surface area contributed by atoms with Crippen molar-refractivity contribution in [3.63, 3.8) is 0 Å². The van der Waals surface area contributed by atoms with Gasteiger partial charge in [-0.2, -0.15) is 0 Å². The molecule has 2 rings (SSSR count).